The Balaban J connectivity index is 1.77. The average molecular weight is 331 g/mol. The van der Waals surface area contributed by atoms with E-state index >= 15 is 0 Å². The first-order valence-corrected chi connectivity index (χ1v) is 8.35. The maximum Gasteiger partial charge on any atom is 0.259 e. The molecule has 0 saturated heterocycles. The Morgan fingerprint density at radius 2 is 1.83 bits per heavy atom. The molecule has 130 valence electrons. The molecule has 0 aliphatic heterocycles. The van der Waals surface area contributed by atoms with E-state index in [1.165, 1.54) is 6.42 Å². The van der Waals surface area contributed by atoms with E-state index < -0.39 is 0 Å². The molecule has 0 atom stereocenters. The molecule has 6 nitrogen and oxygen atoms in total. The van der Waals surface area contributed by atoms with Crippen molar-refractivity contribution in [2.45, 2.75) is 39.0 Å². The summed E-state index contributed by atoms with van der Waals surface area (Å²) in [5.74, 6) is 0.463. The van der Waals surface area contributed by atoms with Crippen LogP contribution in [0.4, 0.5) is 0 Å². The highest BCUT2D eigenvalue weighted by Gasteiger charge is 2.21. The van der Waals surface area contributed by atoms with Crippen LogP contribution in [0, 0.1) is 5.92 Å². The first kappa shape index (κ1) is 18.0. The largest absolute Gasteiger partial charge is 0.497 e. The lowest BCUT2D eigenvalue weighted by molar-refractivity contribution is -0.129. The maximum atomic E-state index is 12.0. The summed E-state index contributed by atoms with van der Waals surface area (Å²) >= 11 is 0. The Labute approximate surface area is 142 Å². The quantitative estimate of drug-likeness (QED) is 0.620. The van der Waals surface area contributed by atoms with Crippen molar-refractivity contribution < 1.29 is 14.3 Å². The lowest BCUT2D eigenvalue weighted by Gasteiger charge is -2.20. The zero-order chi connectivity index (χ0) is 17.4. The molecule has 0 aromatic heterocycles. The average Bonchev–Trinajstić information content (AvgIpc) is 2.64. The topological polar surface area (TPSA) is 79.8 Å². The van der Waals surface area contributed by atoms with Crippen LogP contribution in [0.3, 0.4) is 0 Å². The number of benzene rings is 1. The van der Waals surface area contributed by atoms with E-state index in [-0.39, 0.29) is 24.3 Å². The molecular formula is C18H25N3O3. The molecular weight excluding hydrogens is 306 g/mol. The van der Waals surface area contributed by atoms with Gasteiger partial charge in [0.2, 0.25) is 5.91 Å². The Kier molecular flexibility index (Phi) is 6.78. The van der Waals surface area contributed by atoms with E-state index in [4.69, 9.17) is 4.74 Å². The highest BCUT2D eigenvalue weighted by Crippen LogP contribution is 2.23. The lowest BCUT2D eigenvalue weighted by atomic mass is 9.89. The molecule has 2 rings (SSSR count). The summed E-state index contributed by atoms with van der Waals surface area (Å²) in [6.07, 6.45) is 5.22. The van der Waals surface area contributed by atoms with Gasteiger partial charge in [0.15, 0.2) is 0 Å². The summed E-state index contributed by atoms with van der Waals surface area (Å²) in [5.41, 5.74) is 4.05. The van der Waals surface area contributed by atoms with E-state index in [2.05, 4.69) is 15.8 Å². The van der Waals surface area contributed by atoms with Gasteiger partial charge in [-0.3, -0.25) is 9.59 Å². The van der Waals surface area contributed by atoms with Crippen LogP contribution in [0.15, 0.2) is 29.4 Å². The maximum absolute atomic E-state index is 12.0. The molecule has 2 N–H and O–H groups in total. The monoisotopic (exact) mass is 331 g/mol. The van der Waals surface area contributed by atoms with Crippen molar-refractivity contribution >= 4 is 17.5 Å². The summed E-state index contributed by atoms with van der Waals surface area (Å²) < 4.78 is 5.10. The van der Waals surface area contributed by atoms with E-state index in [1.807, 2.05) is 31.2 Å². The fraction of sp³-hybridized carbons (Fsp3) is 0.500. The highest BCUT2D eigenvalue weighted by atomic mass is 16.5. The number of ether oxygens (including phenoxy) is 1. The Hall–Kier alpha value is -2.37. The Bertz CT molecular complexity index is 590. The third-order valence-electron chi connectivity index (χ3n) is 4.26. The molecule has 0 unspecified atom stereocenters. The van der Waals surface area contributed by atoms with Crippen molar-refractivity contribution in [1.29, 1.82) is 0 Å². The molecule has 0 heterocycles. The Morgan fingerprint density at radius 1 is 1.17 bits per heavy atom. The van der Waals surface area contributed by atoms with Crippen LogP contribution in [-0.2, 0) is 9.59 Å². The SMILES string of the molecule is COc1ccc(C(C)=NNC(=O)CNC(=O)C2CCCCC2)cc1. The number of amides is 2. The normalized spacial score (nSPS) is 15.7. The second-order valence-electron chi connectivity index (χ2n) is 6.01. The summed E-state index contributed by atoms with van der Waals surface area (Å²) in [5, 5.41) is 6.76. The van der Waals surface area contributed by atoms with Gasteiger partial charge in [-0.05, 0) is 49.6 Å². The molecule has 1 aliphatic rings. The summed E-state index contributed by atoms with van der Waals surface area (Å²) in [6.45, 7) is 1.76. The van der Waals surface area contributed by atoms with Gasteiger partial charge in [-0.2, -0.15) is 5.10 Å². The van der Waals surface area contributed by atoms with Crippen LogP contribution < -0.4 is 15.5 Å². The zero-order valence-corrected chi connectivity index (χ0v) is 14.3. The molecule has 0 radical (unpaired) electrons. The molecule has 1 fully saturated rings. The third-order valence-corrected chi connectivity index (χ3v) is 4.26. The van der Waals surface area contributed by atoms with Gasteiger partial charge in [-0.25, -0.2) is 5.43 Å². The summed E-state index contributed by atoms with van der Waals surface area (Å²) in [4.78, 5) is 23.8. The number of hydrogen-bond donors (Lipinski definition) is 2. The molecule has 0 spiro atoms. The van der Waals surface area contributed by atoms with Crippen LogP contribution in [0.1, 0.15) is 44.6 Å². The van der Waals surface area contributed by atoms with Crippen molar-refractivity contribution in [1.82, 2.24) is 10.7 Å². The van der Waals surface area contributed by atoms with Crippen molar-refractivity contribution in [3.05, 3.63) is 29.8 Å². The van der Waals surface area contributed by atoms with Crippen LogP contribution in [0.5, 0.6) is 5.75 Å². The fourth-order valence-corrected chi connectivity index (χ4v) is 2.76. The van der Waals surface area contributed by atoms with E-state index in [1.54, 1.807) is 7.11 Å². The van der Waals surface area contributed by atoms with Gasteiger partial charge < -0.3 is 10.1 Å². The predicted molar refractivity (Wildman–Crippen MR) is 92.9 cm³/mol. The second-order valence-corrected chi connectivity index (χ2v) is 6.01. The standard InChI is InChI=1S/C18H25N3O3/c1-13(14-8-10-16(24-2)11-9-14)20-21-17(22)12-19-18(23)15-6-4-3-5-7-15/h8-11,15H,3-7,12H2,1-2H3,(H,19,23)(H,21,22). The summed E-state index contributed by atoms with van der Waals surface area (Å²) in [6, 6.07) is 7.41. The highest BCUT2D eigenvalue weighted by molar-refractivity contribution is 5.99. The zero-order valence-electron chi connectivity index (χ0n) is 14.3. The molecule has 1 aromatic carbocycles. The molecule has 24 heavy (non-hydrogen) atoms. The van der Waals surface area contributed by atoms with Gasteiger partial charge in [-0.1, -0.05) is 19.3 Å². The third kappa shape index (κ3) is 5.37. The van der Waals surface area contributed by atoms with Crippen LogP contribution in [0.2, 0.25) is 0 Å². The van der Waals surface area contributed by atoms with Gasteiger partial charge in [0.25, 0.3) is 5.91 Å². The van der Waals surface area contributed by atoms with Crippen LogP contribution in [-0.4, -0.2) is 31.2 Å². The first-order valence-electron chi connectivity index (χ1n) is 8.35. The van der Waals surface area contributed by atoms with Crippen LogP contribution in [0.25, 0.3) is 0 Å². The first-order chi connectivity index (χ1) is 11.6. The minimum Gasteiger partial charge on any atom is -0.497 e. The van der Waals surface area contributed by atoms with Gasteiger partial charge in [0.1, 0.15) is 5.75 Å². The van der Waals surface area contributed by atoms with Crippen LogP contribution >= 0.6 is 0 Å². The number of rotatable bonds is 6. The van der Waals surface area contributed by atoms with E-state index in [0.29, 0.717) is 5.71 Å². The molecule has 2 amide bonds. The van der Waals surface area contributed by atoms with Gasteiger partial charge >= 0.3 is 0 Å². The number of methoxy groups -OCH3 is 1. The fourth-order valence-electron chi connectivity index (χ4n) is 2.76. The van der Waals surface area contributed by atoms with E-state index in [0.717, 1.165) is 37.0 Å². The number of carbonyl (C=O) groups is 2. The minimum atomic E-state index is -0.327. The number of nitrogens with one attached hydrogen (secondary N) is 2. The molecule has 1 aromatic rings. The van der Waals surface area contributed by atoms with Gasteiger partial charge in [0.05, 0.1) is 19.4 Å². The lowest BCUT2D eigenvalue weighted by Crippen LogP contribution is -2.39. The predicted octanol–water partition coefficient (Wildman–Crippen LogP) is 2.23. The molecule has 1 aliphatic carbocycles. The minimum absolute atomic E-state index is 0.0271. The molecule has 0 bridgehead atoms. The molecule has 6 heteroatoms. The molecule has 1 saturated carbocycles. The number of nitrogens with zero attached hydrogens (tertiary/aromatic N) is 1. The van der Waals surface area contributed by atoms with Gasteiger partial charge in [-0.15, -0.1) is 0 Å². The Morgan fingerprint density at radius 3 is 2.46 bits per heavy atom. The van der Waals surface area contributed by atoms with Crippen molar-refractivity contribution in [3.8, 4) is 5.75 Å². The number of carbonyl (C=O) groups excluding carboxylic acids is 2. The van der Waals surface area contributed by atoms with Crippen molar-refractivity contribution in [2.24, 2.45) is 11.0 Å². The smallest absolute Gasteiger partial charge is 0.259 e. The van der Waals surface area contributed by atoms with Crippen molar-refractivity contribution in [2.75, 3.05) is 13.7 Å². The van der Waals surface area contributed by atoms with Crippen molar-refractivity contribution in [3.63, 3.8) is 0 Å². The second kappa shape index (κ2) is 9.05. The van der Waals surface area contributed by atoms with E-state index in [9.17, 15) is 9.59 Å². The number of hydrogen-bond acceptors (Lipinski definition) is 4. The number of hydrazone groups is 1. The summed E-state index contributed by atoms with van der Waals surface area (Å²) in [7, 11) is 1.61. The van der Waals surface area contributed by atoms with Gasteiger partial charge in [0, 0.05) is 5.92 Å².